The minimum Gasteiger partial charge on any atom is -0.477 e. The summed E-state index contributed by atoms with van der Waals surface area (Å²) in [7, 11) is 0. The smallest absolute Gasteiger partial charge is 0.352 e. The predicted octanol–water partition coefficient (Wildman–Crippen LogP) is 1.70. The molecule has 0 saturated carbocycles. The van der Waals surface area contributed by atoms with Crippen molar-refractivity contribution in [2.24, 2.45) is 0 Å². The number of hydrogen-bond acceptors (Lipinski definition) is 9. The second kappa shape index (κ2) is 7.17. The van der Waals surface area contributed by atoms with Crippen molar-refractivity contribution in [3.05, 3.63) is 28.2 Å². The van der Waals surface area contributed by atoms with E-state index in [1.807, 2.05) is 13.8 Å². The van der Waals surface area contributed by atoms with Gasteiger partial charge in [0.2, 0.25) is 5.95 Å². The number of nitrogens with zero attached hydrogens (tertiary/aromatic N) is 4. The molecule has 1 amide bonds. The summed E-state index contributed by atoms with van der Waals surface area (Å²) >= 11 is 4.47. The maximum atomic E-state index is 12.6. The topological polar surface area (TPSA) is 124 Å². The van der Waals surface area contributed by atoms with Crippen molar-refractivity contribution in [3.8, 4) is 0 Å². The molecule has 3 N–H and O–H groups in total. The molecular weight excluding hydrogens is 408 g/mol. The summed E-state index contributed by atoms with van der Waals surface area (Å²) in [4.78, 5) is 33.1. The Bertz CT molecular complexity index is 939. The van der Waals surface area contributed by atoms with E-state index in [0.29, 0.717) is 17.5 Å². The van der Waals surface area contributed by atoms with E-state index in [9.17, 15) is 14.7 Å². The van der Waals surface area contributed by atoms with Crippen LogP contribution in [0.2, 0.25) is 0 Å². The third-order valence-electron chi connectivity index (χ3n) is 4.13. The largest absolute Gasteiger partial charge is 0.477 e. The van der Waals surface area contributed by atoms with E-state index in [1.165, 1.54) is 28.0 Å². The minimum atomic E-state index is -1.08. The number of carboxylic acid groups (broad SMARTS) is 1. The highest BCUT2D eigenvalue weighted by Crippen LogP contribution is 2.42. The second-order valence-corrected chi connectivity index (χ2v) is 9.56. The number of aryl methyl sites for hydroxylation is 2. The van der Waals surface area contributed by atoms with Crippen molar-refractivity contribution in [3.63, 3.8) is 0 Å². The van der Waals surface area contributed by atoms with E-state index in [2.05, 4.69) is 25.5 Å². The molecule has 2 aliphatic heterocycles. The van der Waals surface area contributed by atoms with Gasteiger partial charge in [0.15, 0.2) is 4.34 Å². The summed E-state index contributed by atoms with van der Waals surface area (Å²) in [6.45, 7) is 3.72. The van der Waals surface area contributed by atoms with Gasteiger partial charge in [0, 0.05) is 17.7 Å². The number of amides is 1. The van der Waals surface area contributed by atoms with E-state index < -0.39 is 12.0 Å². The van der Waals surface area contributed by atoms with E-state index in [0.717, 1.165) is 20.6 Å². The zero-order chi connectivity index (χ0) is 19.1. The molecular formula is C15H16N6O3S3. The lowest BCUT2D eigenvalue weighted by Crippen LogP contribution is -2.67. The van der Waals surface area contributed by atoms with Crippen molar-refractivity contribution < 1.29 is 14.7 Å². The summed E-state index contributed by atoms with van der Waals surface area (Å²) in [6, 6.07) is -0.491. The maximum absolute atomic E-state index is 12.6. The van der Waals surface area contributed by atoms with Gasteiger partial charge in [-0.25, -0.2) is 9.78 Å². The Balaban J connectivity index is 1.50. The number of aromatic amines is 1. The van der Waals surface area contributed by atoms with E-state index in [4.69, 9.17) is 0 Å². The van der Waals surface area contributed by atoms with Gasteiger partial charge in [0.25, 0.3) is 5.91 Å². The number of aromatic nitrogens is 4. The summed E-state index contributed by atoms with van der Waals surface area (Å²) in [5.74, 6) is 0.198. The Morgan fingerprint density at radius 1 is 1.48 bits per heavy atom. The van der Waals surface area contributed by atoms with Gasteiger partial charge in [-0.15, -0.1) is 22.0 Å². The Morgan fingerprint density at radius 3 is 2.93 bits per heavy atom. The monoisotopic (exact) mass is 424 g/mol. The second-order valence-electron chi connectivity index (χ2n) is 6.06. The average Bonchev–Trinajstić information content (AvgIpc) is 3.24. The van der Waals surface area contributed by atoms with Gasteiger partial charge in [-0.3, -0.25) is 9.69 Å². The molecule has 27 heavy (non-hydrogen) atoms. The molecule has 2 aliphatic rings. The quantitative estimate of drug-likeness (QED) is 0.469. The number of hydrogen-bond donors (Lipinski definition) is 3. The molecule has 12 heteroatoms. The van der Waals surface area contributed by atoms with Crippen LogP contribution in [0.25, 0.3) is 0 Å². The number of H-pyrrole nitrogens is 1. The third kappa shape index (κ3) is 3.44. The van der Waals surface area contributed by atoms with Crippen LogP contribution in [0.5, 0.6) is 0 Å². The zero-order valence-corrected chi connectivity index (χ0v) is 16.9. The van der Waals surface area contributed by atoms with E-state index >= 15 is 0 Å². The number of anilines is 1. The van der Waals surface area contributed by atoms with Crippen LogP contribution < -0.4 is 5.32 Å². The van der Waals surface area contributed by atoms with E-state index in [1.54, 1.807) is 18.0 Å². The number of aliphatic carboxylic acids is 1. The summed E-state index contributed by atoms with van der Waals surface area (Å²) in [5.41, 5.74) is 1.63. The third-order valence-corrected chi connectivity index (χ3v) is 7.52. The minimum absolute atomic E-state index is 0.0890. The van der Waals surface area contributed by atoms with Gasteiger partial charge < -0.3 is 15.4 Å². The zero-order valence-electron chi connectivity index (χ0n) is 14.4. The molecule has 9 nitrogen and oxygen atoms in total. The Hall–Kier alpha value is -2.05. The highest BCUT2D eigenvalue weighted by molar-refractivity contribution is 8.01. The first-order valence-corrected chi connectivity index (χ1v) is 10.9. The number of thioether (sulfide) groups is 2. The Kier molecular flexibility index (Phi) is 4.86. The number of fused-ring (bicyclic) bond motifs is 1. The number of β-lactam (4-membered cyclic amide) rings is 1. The first-order valence-electron chi connectivity index (χ1n) is 8.05. The number of carbonyl (C=O) groups is 2. The summed E-state index contributed by atoms with van der Waals surface area (Å²) < 4.78 is 0.791. The fourth-order valence-corrected chi connectivity index (χ4v) is 6.22. The molecule has 142 valence electrons. The van der Waals surface area contributed by atoms with Crippen LogP contribution in [0.15, 0.2) is 21.8 Å². The molecule has 0 spiro atoms. The number of carbonyl (C=O) groups excluding carboxylic acids is 1. The van der Waals surface area contributed by atoms with Gasteiger partial charge in [0.05, 0.1) is 5.69 Å². The van der Waals surface area contributed by atoms with Crippen molar-refractivity contribution in [2.45, 2.75) is 29.6 Å². The van der Waals surface area contributed by atoms with Gasteiger partial charge in [-0.05, 0) is 19.4 Å². The number of carboxylic acids is 1. The molecule has 1 unspecified atom stereocenters. The van der Waals surface area contributed by atoms with Crippen LogP contribution in [-0.4, -0.2) is 65.0 Å². The van der Waals surface area contributed by atoms with Crippen molar-refractivity contribution in [2.75, 3.05) is 16.8 Å². The van der Waals surface area contributed by atoms with Crippen molar-refractivity contribution in [1.82, 2.24) is 25.1 Å². The Morgan fingerprint density at radius 2 is 2.30 bits per heavy atom. The number of imidazole rings is 1. The van der Waals surface area contributed by atoms with Crippen LogP contribution in [0.4, 0.5) is 5.95 Å². The van der Waals surface area contributed by atoms with Gasteiger partial charge in [0.1, 0.15) is 22.1 Å². The van der Waals surface area contributed by atoms with Crippen molar-refractivity contribution >= 4 is 52.7 Å². The lowest BCUT2D eigenvalue weighted by Gasteiger charge is -2.49. The highest BCUT2D eigenvalue weighted by Gasteiger charge is 2.53. The standard InChI is InChI=1S/C15H16N6O3S3/c1-6-3-16-14(17-6)18-9-11(22)21-10(13(23)24)8(4-25-12(9)21)5-26-15-20-19-7(2)27-15/h3,9,12H,4-5H2,1-2H3,(H,23,24)(H2,16,17,18)/t9?,12-/m1/s1. The van der Waals surface area contributed by atoms with Crippen LogP contribution >= 0.6 is 34.9 Å². The van der Waals surface area contributed by atoms with Gasteiger partial charge in [-0.1, -0.05) is 23.1 Å². The molecule has 0 radical (unpaired) electrons. The summed E-state index contributed by atoms with van der Waals surface area (Å²) in [5, 5.41) is 21.4. The summed E-state index contributed by atoms with van der Waals surface area (Å²) in [6.07, 6.45) is 1.74. The van der Waals surface area contributed by atoms with Crippen LogP contribution in [0.1, 0.15) is 10.7 Å². The fraction of sp³-hybridized carbons (Fsp3) is 0.400. The average molecular weight is 425 g/mol. The first kappa shape index (κ1) is 18.3. The molecule has 4 rings (SSSR count). The fourth-order valence-electron chi connectivity index (χ4n) is 2.91. The molecule has 0 aliphatic carbocycles. The molecule has 2 atom stereocenters. The van der Waals surface area contributed by atoms with Crippen LogP contribution in [-0.2, 0) is 9.59 Å². The SMILES string of the molecule is Cc1c[nH]c(NC2C(=O)N3C(C(=O)O)=C(CSc4nnc(C)s4)CS[C@H]23)n1. The maximum Gasteiger partial charge on any atom is 0.352 e. The van der Waals surface area contributed by atoms with Crippen molar-refractivity contribution in [1.29, 1.82) is 0 Å². The molecule has 1 fully saturated rings. The van der Waals surface area contributed by atoms with Gasteiger partial charge in [-0.2, -0.15) is 0 Å². The highest BCUT2D eigenvalue weighted by atomic mass is 32.2. The predicted molar refractivity (Wildman–Crippen MR) is 104 cm³/mol. The first-order chi connectivity index (χ1) is 12.9. The Labute approximate surface area is 167 Å². The molecule has 0 aromatic carbocycles. The van der Waals surface area contributed by atoms with Gasteiger partial charge >= 0.3 is 5.97 Å². The lowest BCUT2D eigenvalue weighted by atomic mass is 10.0. The molecule has 2 aromatic heterocycles. The van der Waals surface area contributed by atoms with E-state index in [-0.39, 0.29) is 17.0 Å². The molecule has 1 saturated heterocycles. The molecule has 4 heterocycles. The van der Waals surface area contributed by atoms with Crippen LogP contribution in [0.3, 0.4) is 0 Å². The molecule has 2 aromatic rings. The number of nitrogens with one attached hydrogen (secondary N) is 2. The lowest BCUT2D eigenvalue weighted by molar-refractivity contribution is -0.147. The number of rotatable bonds is 6. The molecule has 0 bridgehead atoms. The normalized spacial score (nSPS) is 21.9. The van der Waals surface area contributed by atoms with Crippen LogP contribution in [0, 0.1) is 13.8 Å².